The third-order valence-electron chi connectivity index (χ3n) is 1.17. The number of carbonyl (C=O) groups is 1. The third-order valence-corrected chi connectivity index (χ3v) is 2.28. The molecule has 52 valence electrons. The lowest BCUT2D eigenvalue weighted by atomic mass is 10.4. The molecular formula is C7H7O2P. The molecule has 0 radical (unpaired) electrons. The van der Waals surface area contributed by atoms with Crippen LogP contribution in [0.2, 0.25) is 0 Å². The van der Waals surface area contributed by atoms with Crippen molar-refractivity contribution in [3.05, 3.63) is 30.3 Å². The van der Waals surface area contributed by atoms with Gasteiger partial charge in [0.1, 0.15) is 0 Å². The molecule has 1 aromatic rings. The zero-order valence-corrected chi connectivity index (χ0v) is 6.28. The van der Waals surface area contributed by atoms with E-state index in [2.05, 4.69) is 0 Å². The number of hydrogen-bond donors (Lipinski definition) is 0. The highest BCUT2D eigenvalue weighted by Gasteiger charge is 1.96. The van der Waals surface area contributed by atoms with E-state index in [4.69, 9.17) is 0 Å². The van der Waals surface area contributed by atoms with E-state index in [9.17, 15) is 9.36 Å². The van der Waals surface area contributed by atoms with E-state index < -0.39 is 7.80 Å². The van der Waals surface area contributed by atoms with Crippen molar-refractivity contribution in [3.63, 3.8) is 0 Å². The van der Waals surface area contributed by atoms with Crippen LogP contribution < -0.4 is 5.30 Å². The highest BCUT2D eigenvalue weighted by Crippen LogP contribution is 2.12. The molecule has 0 aliphatic carbocycles. The molecule has 0 amide bonds. The fourth-order valence-electron chi connectivity index (χ4n) is 0.670. The molecule has 0 aliphatic rings. The number of hydrogen-bond acceptors (Lipinski definition) is 2. The Morgan fingerprint density at radius 1 is 1.20 bits per heavy atom. The van der Waals surface area contributed by atoms with Crippen LogP contribution in [0.25, 0.3) is 0 Å². The monoisotopic (exact) mass is 154 g/mol. The summed E-state index contributed by atoms with van der Waals surface area (Å²) >= 11 is 0. The fraction of sp³-hybridized carbons (Fsp3) is 0. The molecule has 0 N–H and O–H groups in total. The average Bonchev–Trinajstić information content (AvgIpc) is 2.05. The predicted molar refractivity (Wildman–Crippen MR) is 41.8 cm³/mol. The number of rotatable bonds is 2. The topological polar surface area (TPSA) is 34.1 Å². The zero-order valence-electron chi connectivity index (χ0n) is 5.28. The van der Waals surface area contributed by atoms with Crippen LogP contribution in [0.5, 0.6) is 0 Å². The molecule has 1 atom stereocenters. The second-order valence-corrected chi connectivity index (χ2v) is 3.39. The Labute approximate surface area is 59.7 Å². The van der Waals surface area contributed by atoms with Crippen LogP contribution in [-0.4, -0.2) is 6.03 Å². The van der Waals surface area contributed by atoms with Crippen LogP contribution in [-0.2, 0) is 9.36 Å². The highest BCUT2D eigenvalue weighted by molar-refractivity contribution is 7.68. The van der Waals surface area contributed by atoms with E-state index >= 15 is 0 Å². The SMILES string of the molecule is O=C[PH](=O)c1ccccc1. The molecule has 0 bridgehead atoms. The van der Waals surface area contributed by atoms with Crippen LogP contribution in [0.15, 0.2) is 30.3 Å². The summed E-state index contributed by atoms with van der Waals surface area (Å²) < 4.78 is 10.8. The summed E-state index contributed by atoms with van der Waals surface area (Å²) in [6.45, 7) is 0. The summed E-state index contributed by atoms with van der Waals surface area (Å²) in [5.74, 6) is 0. The van der Waals surface area contributed by atoms with Crippen LogP contribution in [0.1, 0.15) is 0 Å². The lowest BCUT2D eigenvalue weighted by Gasteiger charge is -1.90. The first-order chi connectivity index (χ1) is 4.84. The molecule has 1 rings (SSSR count). The van der Waals surface area contributed by atoms with E-state index in [1.54, 1.807) is 24.3 Å². The van der Waals surface area contributed by atoms with Gasteiger partial charge in [0.05, 0.1) is 0 Å². The Morgan fingerprint density at radius 2 is 1.80 bits per heavy atom. The maximum atomic E-state index is 10.8. The molecular weight excluding hydrogens is 147 g/mol. The van der Waals surface area contributed by atoms with Gasteiger partial charge in [-0.2, -0.15) is 0 Å². The molecule has 0 fully saturated rings. The van der Waals surface area contributed by atoms with E-state index in [0.29, 0.717) is 11.3 Å². The Balaban J connectivity index is 2.95. The van der Waals surface area contributed by atoms with E-state index in [1.165, 1.54) is 0 Å². The number of carbonyl (C=O) groups excluding carboxylic acids is 1. The Kier molecular flexibility index (Phi) is 2.41. The minimum atomic E-state index is -2.14. The average molecular weight is 154 g/mol. The van der Waals surface area contributed by atoms with Gasteiger partial charge in [-0.15, -0.1) is 0 Å². The Hall–Kier alpha value is -0.880. The van der Waals surface area contributed by atoms with Gasteiger partial charge < -0.3 is 4.57 Å². The van der Waals surface area contributed by atoms with Gasteiger partial charge in [0.2, 0.25) is 0 Å². The molecule has 0 aromatic heterocycles. The molecule has 3 heteroatoms. The van der Waals surface area contributed by atoms with Crippen molar-refractivity contribution >= 4 is 19.1 Å². The van der Waals surface area contributed by atoms with Crippen molar-refractivity contribution in [1.82, 2.24) is 0 Å². The van der Waals surface area contributed by atoms with Crippen LogP contribution >= 0.6 is 7.80 Å². The number of benzene rings is 1. The molecule has 2 nitrogen and oxygen atoms in total. The maximum absolute atomic E-state index is 10.8. The van der Waals surface area contributed by atoms with Gasteiger partial charge >= 0.3 is 0 Å². The van der Waals surface area contributed by atoms with Crippen LogP contribution in [0.3, 0.4) is 0 Å². The van der Waals surface area contributed by atoms with Gasteiger partial charge in [0.15, 0.2) is 13.8 Å². The van der Waals surface area contributed by atoms with Gasteiger partial charge in [-0.3, -0.25) is 4.79 Å². The van der Waals surface area contributed by atoms with Crippen molar-refractivity contribution in [1.29, 1.82) is 0 Å². The van der Waals surface area contributed by atoms with Gasteiger partial charge in [0, 0.05) is 5.30 Å². The van der Waals surface area contributed by atoms with Crippen molar-refractivity contribution in [3.8, 4) is 0 Å². The fourth-order valence-corrected chi connectivity index (χ4v) is 1.33. The lowest BCUT2D eigenvalue weighted by molar-refractivity contribution is 0.560. The van der Waals surface area contributed by atoms with Crippen molar-refractivity contribution in [2.45, 2.75) is 0 Å². The van der Waals surface area contributed by atoms with Gasteiger partial charge in [0.25, 0.3) is 0 Å². The summed E-state index contributed by atoms with van der Waals surface area (Å²) in [5, 5.41) is 0.627. The highest BCUT2D eigenvalue weighted by atomic mass is 31.1. The van der Waals surface area contributed by atoms with Crippen LogP contribution in [0.4, 0.5) is 0 Å². The third kappa shape index (κ3) is 1.55. The van der Waals surface area contributed by atoms with Gasteiger partial charge in [-0.25, -0.2) is 0 Å². The molecule has 0 spiro atoms. The summed E-state index contributed by atoms with van der Waals surface area (Å²) in [5.41, 5.74) is 0. The zero-order chi connectivity index (χ0) is 7.40. The van der Waals surface area contributed by atoms with E-state index in [-0.39, 0.29) is 0 Å². The first-order valence-corrected chi connectivity index (χ1v) is 4.37. The minimum absolute atomic E-state index is 0.500. The smallest absolute Gasteiger partial charge is 0.180 e. The van der Waals surface area contributed by atoms with Crippen molar-refractivity contribution < 1.29 is 9.36 Å². The molecule has 0 aliphatic heterocycles. The molecule has 0 saturated heterocycles. The minimum Gasteiger partial charge on any atom is -0.314 e. The van der Waals surface area contributed by atoms with Crippen molar-refractivity contribution in [2.75, 3.05) is 0 Å². The molecule has 0 heterocycles. The Bertz CT molecular complexity index is 243. The Morgan fingerprint density at radius 3 is 2.30 bits per heavy atom. The largest absolute Gasteiger partial charge is 0.314 e. The molecule has 0 saturated carbocycles. The second kappa shape index (κ2) is 3.33. The second-order valence-electron chi connectivity index (χ2n) is 1.85. The van der Waals surface area contributed by atoms with E-state index in [1.807, 2.05) is 6.07 Å². The van der Waals surface area contributed by atoms with Gasteiger partial charge in [-0.1, -0.05) is 30.3 Å². The summed E-state index contributed by atoms with van der Waals surface area (Å²) in [6, 6.07) is 9.23. The predicted octanol–water partition coefficient (Wildman–Crippen LogP) is 1.06. The van der Waals surface area contributed by atoms with Crippen molar-refractivity contribution in [2.24, 2.45) is 0 Å². The van der Waals surface area contributed by atoms with Crippen LogP contribution in [0, 0.1) is 0 Å². The maximum Gasteiger partial charge on any atom is 0.180 e. The molecule has 1 aromatic carbocycles. The normalized spacial score (nSPS) is 12.4. The lowest BCUT2D eigenvalue weighted by Crippen LogP contribution is -1.93. The molecule has 1 unspecified atom stereocenters. The standard InChI is InChI=1S/C7H7O2P/c8-6-10(9)7-4-2-1-3-5-7/h1-6,10H. The first-order valence-electron chi connectivity index (χ1n) is 2.89. The molecule has 10 heavy (non-hydrogen) atoms. The summed E-state index contributed by atoms with van der Waals surface area (Å²) in [6.07, 6.45) is 0. The summed E-state index contributed by atoms with van der Waals surface area (Å²) in [4.78, 5) is 10.0. The van der Waals surface area contributed by atoms with E-state index in [0.717, 1.165) is 0 Å². The first kappa shape index (κ1) is 7.23. The summed E-state index contributed by atoms with van der Waals surface area (Å²) in [7, 11) is -2.14. The quantitative estimate of drug-likeness (QED) is 0.471. The van der Waals surface area contributed by atoms with Gasteiger partial charge in [-0.05, 0) is 0 Å².